The molecule has 2 rings (SSSR count). The van der Waals surface area contributed by atoms with Crippen LogP contribution in [0.2, 0.25) is 0 Å². The van der Waals surface area contributed by atoms with Crippen LogP contribution in [0.4, 0.5) is 0 Å². The summed E-state index contributed by atoms with van der Waals surface area (Å²) < 4.78 is 11.0. The normalized spacial score (nSPS) is 12.0. The molecule has 0 spiro atoms. The molecule has 0 saturated carbocycles. The van der Waals surface area contributed by atoms with Crippen LogP contribution in [0.15, 0.2) is 42.7 Å². The molecule has 0 bridgehead atoms. The number of benzene rings is 1. The summed E-state index contributed by atoms with van der Waals surface area (Å²) in [4.78, 5) is 4.05. The quantitative estimate of drug-likeness (QED) is 0.849. The molecule has 0 aliphatic carbocycles. The summed E-state index contributed by atoms with van der Waals surface area (Å²) in [5.74, 6) is 1.70. The lowest BCUT2D eigenvalue weighted by molar-refractivity contribution is 0.370. The molecule has 0 amide bonds. The predicted molar refractivity (Wildman–Crippen MR) is 83.9 cm³/mol. The molecule has 0 saturated heterocycles. The third-order valence-electron chi connectivity index (χ3n) is 3.63. The topological polar surface area (TPSA) is 43.4 Å². The van der Waals surface area contributed by atoms with E-state index in [0.29, 0.717) is 0 Å². The Morgan fingerprint density at radius 3 is 2.19 bits per heavy atom. The van der Waals surface area contributed by atoms with Crippen molar-refractivity contribution in [2.24, 2.45) is 0 Å². The molecular formula is C17H22N2O2. The van der Waals surface area contributed by atoms with Gasteiger partial charge in [-0.1, -0.05) is 6.07 Å². The van der Waals surface area contributed by atoms with Gasteiger partial charge in [0.25, 0.3) is 0 Å². The molecule has 4 heteroatoms. The Bertz CT molecular complexity index is 536. The van der Waals surface area contributed by atoms with Gasteiger partial charge in [0, 0.05) is 18.4 Å². The van der Waals surface area contributed by atoms with Crippen molar-refractivity contribution in [1.82, 2.24) is 10.3 Å². The zero-order valence-electron chi connectivity index (χ0n) is 12.8. The summed E-state index contributed by atoms with van der Waals surface area (Å²) in [7, 11) is 5.34. The van der Waals surface area contributed by atoms with Crippen molar-refractivity contribution >= 4 is 0 Å². The van der Waals surface area contributed by atoms with E-state index in [1.807, 2.05) is 49.8 Å². The lowest BCUT2D eigenvalue weighted by atomic mass is 9.97. The molecule has 112 valence electrons. The summed E-state index contributed by atoms with van der Waals surface area (Å²) in [5, 5.41) is 3.36. The summed E-state index contributed by atoms with van der Waals surface area (Å²) in [6, 6.07) is 10.1. The first kappa shape index (κ1) is 15.3. The molecule has 1 aromatic heterocycles. The molecule has 1 aromatic carbocycles. The molecule has 1 N–H and O–H groups in total. The predicted octanol–water partition coefficient (Wildman–Crippen LogP) is 2.99. The van der Waals surface area contributed by atoms with E-state index >= 15 is 0 Å². The minimum atomic E-state index is 0.171. The van der Waals surface area contributed by atoms with Gasteiger partial charge in [0.2, 0.25) is 0 Å². The number of aryl methyl sites for hydroxylation is 1. The van der Waals surface area contributed by atoms with Crippen molar-refractivity contribution in [2.75, 3.05) is 21.3 Å². The maximum Gasteiger partial charge on any atom is 0.127 e. The van der Waals surface area contributed by atoms with Gasteiger partial charge in [0.1, 0.15) is 11.5 Å². The van der Waals surface area contributed by atoms with Gasteiger partial charge in [-0.2, -0.15) is 0 Å². The largest absolute Gasteiger partial charge is 0.496 e. The number of rotatable bonds is 7. The first-order valence-electron chi connectivity index (χ1n) is 7.07. The summed E-state index contributed by atoms with van der Waals surface area (Å²) in [6.45, 7) is 0. The highest BCUT2D eigenvalue weighted by atomic mass is 16.5. The van der Waals surface area contributed by atoms with Crippen molar-refractivity contribution < 1.29 is 9.47 Å². The van der Waals surface area contributed by atoms with Crippen molar-refractivity contribution in [3.63, 3.8) is 0 Å². The molecule has 4 nitrogen and oxygen atoms in total. The number of hydrogen-bond acceptors (Lipinski definition) is 4. The van der Waals surface area contributed by atoms with Crippen LogP contribution in [-0.2, 0) is 6.42 Å². The molecule has 0 aliphatic rings. The van der Waals surface area contributed by atoms with Gasteiger partial charge in [-0.15, -0.1) is 0 Å². The van der Waals surface area contributed by atoms with E-state index in [1.165, 1.54) is 5.56 Å². The van der Waals surface area contributed by atoms with Crippen LogP contribution in [0.5, 0.6) is 11.5 Å². The Morgan fingerprint density at radius 1 is 1.05 bits per heavy atom. The average Bonchev–Trinajstić information content (AvgIpc) is 2.56. The van der Waals surface area contributed by atoms with E-state index in [9.17, 15) is 0 Å². The Kier molecular flexibility index (Phi) is 5.58. The molecular weight excluding hydrogens is 264 g/mol. The second-order valence-corrected chi connectivity index (χ2v) is 4.81. The number of nitrogens with one attached hydrogen (secondary N) is 1. The second-order valence-electron chi connectivity index (χ2n) is 4.81. The van der Waals surface area contributed by atoms with Crippen LogP contribution in [0.25, 0.3) is 0 Å². The van der Waals surface area contributed by atoms with Crippen molar-refractivity contribution in [2.45, 2.75) is 18.9 Å². The van der Waals surface area contributed by atoms with Gasteiger partial charge in [0.15, 0.2) is 0 Å². The van der Waals surface area contributed by atoms with Crippen LogP contribution >= 0.6 is 0 Å². The smallest absolute Gasteiger partial charge is 0.127 e. The van der Waals surface area contributed by atoms with Crippen molar-refractivity contribution in [3.05, 3.63) is 53.9 Å². The first-order valence-corrected chi connectivity index (χ1v) is 7.07. The summed E-state index contributed by atoms with van der Waals surface area (Å²) >= 11 is 0. The zero-order valence-corrected chi connectivity index (χ0v) is 12.8. The Balaban J connectivity index is 2.21. The molecule has 1 unspecified atom stereocenters. The number of aromatic nitrogens is 1. The van der Waals surface area contributed by atoms with Crippen LogP contribution in [0.1, 0.15) is 23.6 Å². The number of pyridine rings is 1. The summed E-state index contributed by atoms with van der Waals surface area (Å²) in [6.07, 6.45) is 5.58. The lowest BCUT2D eigenvalue weighted by Crippen LogP contribution is -2.19. The average molecular weight is 286 g/mol. The van der Waals surface area contributed by atoms with E-state index in [-0.39, 0.29) is 6.04 Å². The molecule has 21 heavy (non-hydrogen) atoms. The monoisotopic (exact) mass is 286 g/mol. The second kappa shape index (κ2) is 7.64. The molecule has 1 heterocycles. The fourth-order valence-electron chi connectivity index (χ4n) is 2.52. The molecule has 0 aliphatic heterocycles. The van der Waals surface area contributed by atoms with E-state index in [2.05, 4.69) is 10.3 Å². The summed E-state index contributed by atoms with van der Waals surface area (Å²) in [5.41, 5.74) is 2.35. The number of hydrogen-bond donors (Lipinski definition) is 1. The number of nitrogens with zero attached hydrogens (tertiary/aromatic N) is 1. The van der Waals surface area contributed by atoms with E-state index in [4.69, 9.17) is 9.47 Å². The first-order chi connectivity index (χ1) is 10.3. The van der Waals surface area contributed by atoms with E-state index in [1.54, 1.807) is 14.2 Å². The Morgan fingerprint density at radius 2 is 1.67 bits per heavy atom. The van der Waals surface area contributed by atoms with Gasteiger partial charge in [-0.25, -0.2) is 0 Å². The van der Waals surface area contributed by atoms with Gasteiger partial charge in [-0.3, -0.25) is 4.98 Å². The number of ether oxygens (including phenoxy) is 2. The molecule has 0 fully saturated rings. The van der Waals surface area contributed by atoms with E-state index < -0.39 is 0 Å². The lowest BCUT2D eigenvalue weighted by Gasteiger charge is -2.22. The van der Waals surface area contributed by atoms with Gasteiger partial charge >= 0.3 is 0 Å². The van der Waals surface area contributed by atoms with Gasteiger partial charge in [0.05, 0.1) is 19.8 Å². The third kappa shape index (κ3) is 3.73. The minimum absolute atomic E-state index is 0.171. The van der Waals surface area contributed by atoms with E-state index in [0.717, 1.165) is 29.9 Å². The van der Waals surface area contributed by atoms with Gasteiger partial charge < -0.3 is 14.8 Å². The van der Waals surface area contributed by atoms with Crippen LogP contribution in [0.3, 0.4) is 0 Å². The van der Waals surface area contributed by atoms with Crippen molar-refractivity contribution in [1.29, 1.82) is 0 Å². The maximum absolute atomic E-state index is 5.49. The fraction of sp³-hybridized carbons (Fsp3) is 0.353. The van der Waals surface area contributed by atoms with Crippen LogP contribution in [0, 0.1) is 0 Å². The number of methoxy groups -OCH3 is 2. The zero-order chi connectivity index (χ0) is 15.1. The molecule has 2 aromatic rings. The fourth-order valence-corrected chi connectivity index (χ4v) is 2.52. The Hall–Kier alpha value is -2.07. The van der Waals surface area contributed by atoms with Crippen LogP contribution < -0.4 is 14.8 Å². The third-order valence-corrected chi connectivity index (χ3v) is 3.63. The highest BCUT2D eigenvalue weighted by molar-refractivity contribution is 5.47. The van der Waals surface area contributed by atoms with Crippen molar-refractivity contribution in [3.8, 4) is 11.5 Å². The Labute approximate surface area is 126 Å². The highest BCUT2D eigenvalue weighted by Gasteiger charge is 2.19. The standard InChI is InChI=1S/C17H22N2O2/c1-18-14(8-7-13-9-11-19-12-10-13)17-15(20-2)5-4-6-16(17)21-3/h4-6,9-12,14,18H,7-8H2,1-3H3. The van der Waals surface area contributed by atoms with Gasteiger partial charge in [-0.05, 0) is 49.7 Å². The molecule has 1 atom stereocenters. The maximum atomic E-state index is 5.49. The molecule has 0 radical (unpaired) electrons. The SMILES string of the molecule is CNC(CCc1ccncc1)c1c(OC)cccc1OC. The van der Waals surface area contributed by atoms with Crippen LogP contribution in [-0.4, -0.2) is 26.3 Å². The minimum Gasteiger partial charge on any atom is -0.496 e. The highest BCUT2D eigenvalue weighted by Crippen LogP contribution is 2.35.